The van der Waals surface area contributed by atoms with Crippen molar-refractivity contribution in [3.8, 4) is 0 Å². The Bertz CT molecular complexity index is 362. The van der Waals surface area contributed by atoms with Gasteiger partial charge in [0.25, 0.3) is 0 Å². The molecule has 1 aliphatic heterocycles. The molecular formula is C11H20N4OS. The minimum atomic E-state index is 0.0921. The quantitative estimate of drug-likeness (QED) is 0.840. The van der Waals surface area contributed by atoms with Gasteiger partial charge in [0, 0.05) is 11.3 Å². The second-order valence-corrected chi connectivity index (χ2v) is 6.39. The molecule has 0 radical (unpaired) electrons. The lowest BCUT2D eigenvalue weighted by Crippen LogP contribution is -2.27. The molecule has 0 amide bonds. The van der Waals surface area contributed by atoms with Gasteiger partial charge in [0.1, 0.15) is 0 Å². The lowest BCUT2D eigenvalue weighted by atomic mass is 10.1. The second kappa shape index (κ2) is 5.27. The molecule has 1 fully saturated rings. The summed E-state index contributed by atoms with van der Waals surface area (Å²) in [4.78, 5) is 0. The van der Waals surface area contributed by atoms with Gasteiger partial charge in [0.05, 0.1) is 6.04 Å². The molecule has 96 valence electrons. The van der Waals surface area contributed by atoms with Gasteiger partial charge in [-0.15, -0.1) is 5.10 Å². The zero-order valence-electron chi connectivity index (χ0n) is 10.6. The van der Waals surface area contributed by atoms with E-state index in [1.54, 1.807) is 0 Å². The standard InChI is InChI=1S/C11H20N4OS/c1-8(12-3)9-14-15-10(16-9)13-7-11(2)5-4-6-17-11/h8,12H,4-7H2,1-3H3,(H,13,15). The molecule has 1 aliphatic rings. The lowest BCUT2D eigenvalue weighted by molar-refractivity contribution is 0.439. The average molecular weight is 256 g/mol. The highest BCUT2D eigenvalue weighted by Gasteiger charge is 2.29. The van der Waals surface area contributed by atoms with E-state index in [9.17, 15) is 0 Å². The van der Waals surface area contributed by atoms with Crippen molar-refractivity contribution in [3.63, 3.8) is 0 Å². The number of aromatic nitrogens is 2. The van der Waals surface area contributed by atoms with Gasteiger partial charge >= 0.3 is 6.01 Å². The van der Waals surface area contributed by atoms with Crippen LogP contribution in [0.4, 0.5) is 6.01 Å². The minimum Gasteiger partial charge on any atom is -0.406 e. The highest BCUT2D eigenvalue weighted by molar-refractivity contribution is 8.00. The first-order valence-corrected chi connectivity index (χ1v) is 7.00. The third-order valence-electron chi connectivity index (χ3n) is 3.16. The zero-order chi connectivity index (χ0) is 12.3. The molecule has 0 aromatic carbocycles. The van der Waals surface area contributed by atoms with Gasteiger partial charge in [-0.3, -0.25) is 0 Å². The SMILES string of the molecule is CNC(C)c1nnc(NCC2(C)CCCS2)o1. The summed E-state index contributed by atoms with van der Waals surface area (Å²) in [5.41, 5.74) is 0. The van der Waals surface area contributed by atoms with E-state index in [-0.39, 0.29) is 6.04 Å². The molecule has 17 heavy (non-hydrogen) atoms. The normalized spacial score (nSPS) is 26.1. The van der Waals surface area contributed by atoms with Crippen LogP contribution in [0.15, 0.2) is 4.42 Å². The van der Waals surface area contributed by atoms with Crippen LogP contribution in [0.5, 0.6) is 0 Å². The van der Waals surface area contributed by atoms with Gasteiger partial charge in [0.15, 0.2) is 0 Å². The van der Waals surface area contributed by atoms with Crippen molar-refractivity contribution < 1.29 is 4.42 Å². The Kier molecular flexibility index (Phi) is 3.93. The first kappa shape index (κ1) is 12.7. The largest absolute Gasteiger partial charge is 0.406 e. The van der Waals surface area contributed by atoms with Crippen molar-refractivity contribution in [2.24, 2.45) is 0 Å². The smallest absolute Gasteiger partial charge is 0.315 e. The molecule has 0 spiro atoms. The molecule has 2 heterocycles. The van der Waals surface area contributed by atoms with E-state index in [4.69, 9.17) is 4.42 Å². The van der Waals surface area contributed by atoms with Crippen LogP contribution in [-0.4, -0.2) is 34.3 Å². The van der Waals surface area contributed by atoms with Crippen LogP contribution in [0.1, 0.15) is 38.6 Å². The van der Waals surface area contributed by atoms with Crippen LogP contribution in [0.2, 0.25) is 0 Å². The van der Waals surface area contributed by atoms with E-state index in [0.717, 1.165) is 6.54 Å². The molecule has 0 aliphatic carbocycles. The summed E-state index contributed by atoms with van der Waals surface area (Å²) >= 11 is 2.02. The van der Waals surface area contributed by atoms with Crippen LogP contribution in [-0.2, 0) is 0 Å². The first-order valence-electron chi connectivity index (χ1n) is 6.01. The van der Waals surface area contributed by atoms with Gasteiger partial charge in [0.2, 0.25) is 5.89 Å². The summed E-state index contributed by atoms with van der Waals surface area (Å²) in [5, 5.41) is 14.3. The summed E-state index contributed by atoms with van der Waals surface area (Å²) in [7, 11) is 1.87. The number of hydrogen-bond acceptors (Lipinski definition) is 6. The van der Waals surface area contributed by atoms with Crippen LogP contribution in [0.3, 0.4) is 0 Å². The Morgan fingerprint density at radius 3 is 3.00 bits per heavy atom. The third-order valence-corrected chi connectivity index (χ3v) is 4.70. The van der Waals surface area contributed by atoms with E-state index in [2.05, 4.69) is 27.8 Å². The van der Waals surface area contributed by atoms with E-state index in [0.29, 0.717) is 16.7 Å². The topological polar surface area (TPSA) is 63.0 Å². The summed E-state index contributed by atoms with van der Waals surface area (Å²) in [6.45, 7) is 5.16. The molecule has 5 nitrogen and oxygen atoms in total. The lowest BCUT2D eigenvalue weighted by Gasteiger charge is -2.21. The van der Waals surface area contributed by atoms with Gasteiger partial charge in [-0.1, -0.05) is 5.10 Å². The minimum absolute atomic E-state index is 0.0921. The maximum atomic E-state index is 5.54. The maximum Gasteiger partial charge on any atom is 0.315 e. The fourth-order valence-corrected chi connectivity index (χ4v) is 3.09. The first-order chi connectivity index (χ1) is 8.13. The predicted molar refractivity (Wildman–Crippen MR) is 70.4 cm³/mol. The van der Waals surface area contributed by atoms with Crippen molar-refractivity contribution in [1.29, 1.82) is 0 Å². The average Bonchev–Trinajstić information content (AvgIpc) is 2.95. The van der Waals surface area contributed by atoms with Crippen molar-refractivity contribution in [2.75, 3.05) is 24.7 Å². The predicted octanol–water partition coefficient (Wildman–Crippen LogP) is 2.05. The van der Waals surface area contributed by atoms with Gasteiger partial charge < -0.3 is 15.1 Å². The molecule has 0 bridgehead atoms. The summed E-state index contributed by atoms with van der Waals surface area (Å²) in [6.07, 6.45) is 2.55. The molecule has 2 unspecified atom stereocenters. The Morgan fingerprint density at radius 1 is 1.53 bits per heavy atom. The van der Waals surface area contributed by atoms with Crippen LogP contribution in [0, 0.1) is 0 Å². The third kappa shape index (κ3) is 3.13. The second-order valence-electron chi connectivity index (χ2n) is 4.71. The molecule has 2 N–H and O–H groups in total. The molecule has 1 aromatic rings. The summed E-state index contributed by atoms with van der Waals surface area (Å²) in [6, 6.07) is 0.616. The molecule has 1 saturated heterocycles. The highest BCUT2D eigenvalue weighted by Crippen LogP contribution is 2.37. The number of nitrogens with zero attached hydrogens (tertiary/aromatic N) is 2. The zero-order valence-corrected chi connectivity index (χ0v) is 11.4. The van der Waals surface area contributed by atoms with Crippen molar-refractivity contribution in [3.05, 3.63) is 5.89 Å². The fourth-order valence-electron chi connectivity index (χ4n) is 1.84. The van der Waals surface area contributed by atoms with Gasteiger partial charge in [-0.25, -0.2) is 0 Å². The molecule has 2 rings (SSSR count). The Hall–Kier alpha value is -0.750. The van der Waals surface area contributed by atoms with E-state index >= 15 is 0 Å². The number of hydrogen-bond donors (Lipinski definition) is 2. The number of rotatable bonds is 5. The fraction of sp³-hybridized carbons (Fsp3) is 0.818. The van der Waals surface area contributed by atoms with E-state index < -0.39 is 0 Å². The van der Waals surface area contributed by atoms with Gasteiger partial charge in [-0.05, 0) is 39.5 Å². The molecule has 2 atom stereocenters. The van der Waals surface area contributed by atoms with Gasteiger partial charge in [-0.2, -0.15) is 11.8 Å². The Labute approximate surface area is 106 Å². The van der Waals surface area contributed by atoms with Crippen LogP contribution < -0.4 is 10.6 Å². The number of anilines is 1. The molecular weight excluding hydrogens is 236 g/mol. The Balaban J connectivity index is 1.88. The monoisotopic (exact) mass is 256 g/mol. The van der Waals surface area contributed by atoms with E-state index in [1.807, 2.05) is 25.7 Å². The number of nitrogens with one attached hydrogen (secondary N) is 2. The maximum absolute atomic E-state index is 5.54. The van der Waals surface area contributed by atoms with Crippen molar-refractivity contribution >= 4 is 17.8 Å². The molecule has 1 aromatic heterocycles. The van der Waals surface area contributed by atoms with Crippen LogP contribution >= 0.6 is 11.8 Å². The van der Waals surface area contributed by atoms with E-state index in [1.165, 1.54) is 18.6 Å². The summed E-state index contributed by atoms with van der Waals surface area (Å²) < 4.78 is 5.84. The number of thioether (sulfide) groups is 1. The highest BCUT2D eigenvalue weighted by atomic mass is 32.2. The Morgan fingerprint density at radius 2 is 2.35 bits per heavy atom. The van der Waals surface area contributed by atoms with Crippen molar-refractivity contribution in [1.82, 2.24) is 15.5 Å². The molecule has 6 heteroatoms. The summed E-state index contributed by atoms with van der Waals surface area (Å²) in [5.74, 6) is 1.88. The van der Waals surface area contributed by atoms with Crippen molar-refractivity contribution in [2.45, 2.75) is 37.5 Å². The molecule has 0 saturated carbocycles. The van der Waals surface area contributed by atoms with Crippen LogP contribution in [0.25, 0.3) is 0 Å².